The number of hydrogen-bond acceptors (Lipinski definition) is 5. The average molecular weight is 316 g/mol. The number of aliphatic carboxylic acids is 1. The summed E-state index contributed by atoms with van der Waals surface area (Å²) in [6.07, 6.45) is -0.465. The summed E-state index contributed by atoms with van der Waals surface area (Å²) < 4.78 is 25.6. The van der Waals surface area contributed by atoms with Crippen LogP contribution in [0.2, 0.25) is 0 Å². The van der Waals surface area contributed by atoms with Gasteiger partial charge in [0.05, 0.1) is 29.3 Å². The van der Waals surface area contributed by atoms with Gasteiger partial charge in [-0.1, -0.05) is 0 Å². The summed E-state index contributed by atoms with van der Waals surface area (Å²) in [5.41, 5.74) is 0.835. The van der Waals surface area contributed by atoms with Crippen molar-refractivity contribution in [1.82, 2.24) is 0 Å². The minimum absolute atomic E-state index is 0.145. The van der Waals surface area contributed by atoms with Crippen LogP contribution in [-0.4, -0.2) is 36.9 Å². The fourth-order valence-electron chi connectivity index (χ4n) is 1.60. The van der Waals surface area contributed by atoms with Crippen molar-refractivity contribution in [3.63, 3.8) is 0 Å². The van der Waals surface area contributed by atoms with Gasteiger partial charge in [-0.05, 0) is 18.2 Å². The van der Waals surface area contributed by atoms with E-state index < -0.39 is 28.2 Å². The molecule has 0 atom stereocenters. The monoisotopic (exact) mass is 316 g/mol. The first-order chi connectivity index (χ1) is 9.35. The number of nitrogens with one attached hydrogen (secondary N) is 2. The van der Waals surface area contributed by atoms with Gasteiger partial charge in [-0.2, -0.15) is 0 Å². The van der Waals surface area contributed by atoms with E-state index in [1.807, 2.05) is 0 Å². The second-order valence-electron chi connectivity index (χ2n) is 4.11. The molecule has 7 nitrogen and oxygen atoms in total. The molecule has 2 rings (SSSR count). The lowest BCUT2D eigenvalue weighted by molar-refractivity contribution is -0.136. The zero-order valence-corrected chi connectivity index (χ0v) is 11.9. The highest BCUT2D eigenvalue weighted by molar-refractivity contribution is 8.00. The van der Waals surface area contributed by atoms with Crippen molar-refractivity contribution in [2.45, 2.75) is 11.3 Å². The molecule has 0 saturated carbocycles. The highest BCUT2D eigenvalue weighted by Gasteiger charge is 2.17. The van der Waals surface area contributed by atoms with E-state index in [-0.39, 0.29) is 11.6 Å². The lowest BCUT2D eigenvalue weighted by atomic mass is 10.3. The second-order valence-corrected chi connectivity index (χ2v) is 6.97. The van der Waals surface area contributed by atoms with Crippen LogP contribution >= 0.6 is 11.8 Å². The number of benzene rings is 1. The molecule has 1 heterocycles. The van der Waals surface area contributed by atoms with E-state index in [9.17, 15) is 18.0 Å². The molecule has 1 aromatic carbocycles. The van der Waals surface area contributed by atoms with Crippen LogP contribution in [0.4, 0.5) is 11.4 Å². The van der Waals surface area contributed by atoms with Crippen LogP contribution in [0, 0.1) is 0 Å². The van der Waals surface area contributed by atoms with Crippen molar-refractivity contribution in [2.24, 2.45) is 0 Å². The minimum Gasteiger partial charge on any atom is -0.481 e. The standard InChI is InChI=1S/C11H12N2O5S2/c14-10-6-19-9-2-1-7(5-8(9)12-10)13-20(17,18)4-3-11(15)16/h1-2,5,13H,3-4,6H2,(H,12,14)(H,15,16). The SMILES string of the molecule is O=C(O)CCS(=O)(=O)Nc1ccc2c(c1)NC(=O)CS2. The molecule has 0 saturated heterocycles. The number of carbonyl (C=O) groups excluding carboxylic acids is 1. The zero-order chi connectivity index (χ0) is 14.8. The third-order valence-electron chi connectivity index (χ3n) is 2.47. The number of amides is 1. The predicted molar refractivity (Wildman–Crippen MR) is 75.5 cm³/mol. The number of anilines is 2. The first-order valence-electron chi connectivity index (χ1n) is 5.65. The predicted octanol–water partition coefficient (Wildman–Crippen LogP) is 0.947. The molecule has 0 bridgehead atoms. The molecule has 1 aromatic rings. The molecule has 0 unspecified atom stereocenters. The number of fused-ring (bicyclic) bond motifs is 1. The van der Waals surface area contributed by atoms with Crippen LogP contribution in [0.15, 0.2) is 23.1 Å². The van der Waals surface area contributed by atoms with Gasteiger partial charge >= 0.3 is 5.97 Å². The van der Waals surface area contributed by atoms with Crippen LogP contribution in [0.5, 0.6) is 0 Å². The van der Waals surface area contributed by atoms with E-state index in [4.69, 9.17) is 5.11 Å². The van der Waals surface area contributed by atoms with Crippen molar-refractivity contribution < 1.29 is 23.1 Å². The van der Waals surface area contributed by atoms with Gasteiger partial charge in [0.1, 0.15) is 0 Å². The van der Waals surface area contributed by atoms with E-state index >= 15 is 0 Å². The molecule has 0 fully saturated rings. The number of rotatable bonds is 5. The molecule has 9 heteroatoms. The molecule has 0 radical (unpaired) electrons. The Morgan fingerprint density at radius 2 is 2.20 bits per heavy atom. The highest BCUT2D eigenvalue weighted by Crippen LogP contribution is 2.33. The Morgan fingerprint density at radius 3 is 2.90 bits per heavy atom. The molecule has 0 spiro atoms. The van der Waals surface area contributed by atoms with Crippen LogP contribution in [0.1, 0.15) is 6.42 Å². The summed E-state index contributed by atoms with van der Waals surface area (Å²) in [6, 6.07) is 4.79. The Balaban J connectivity index is 2.12. The number of thioether (sulfide) groups is 1. The van der Waals surface area contributed by atoms with Gasteiger partial charge in [0.15, 0.2) is 0 Å². The van der Waals surface area contributed by atoms with Crippen molar-refractivity contribution in [2.75, 3.05) is 21.5 Å². The Morgan fingerprint density at radius 1 is 1.45 bits per heavy atom. The molecule has 0 aromatic heterocycles. The van der Waals surface area contributed by atoms with Crippen molar-refractivity contribution in [3.05, 3.63) is 18.2 Å². The zero-order valence-electron chi connectivity index (χ0n) is 10.3. The number of carboxylic acid groups (broad SMARTS) is 1. The van der Waals surface area contributed by atoms with Crippen LogP contribution in [-0.2, 0) is 19.6 Å². The van der Waals surface area contributed by atoms with E-state index in [1.165, 1.54) is 17.8 Å². The van der Waals surface area contributed by atoms with Gasteiger partial charge in [-0.3, -0.25) is 14.3 Å². The topological polar surface area (TPSA) is 113 Å². The Hall–Kier alpha value is -1.74. The van der Waals surface area contributed by atoms with Crippen LogP contribution < -0.4 is 10.0 Å². The molecule has 1 aliphatic heterocycles. The Bertz CT molecular complexity index is 657. The van der Waals surface area contributed by atoms with Crippen molar-refractivity contribution in [1.29, 1.82) is 0 Å². The summed E-state index contributed by atoms with van der Waals surface area (Å²) in [6.45, 7) is 0. The molecular weight excluding hydrogens is 304 g/mol. The molecule has 0 aliphatic carbocycles. The molecule has 1 aliphatic rings. The highest BCUT2D eigenvalue weighted by atomic mass is 32.2. The average Bonchev–Trinajstić information content (AvgIpc) is 2.35. The smallest absolute Gasteiger partial charge is 0.304 e. The maximum Gasteiger partial charge on any atom is 0.304 e. The second kappa shape index (κ2) is 5.71. The van der Waals surface area contributed by atoms with Gasteiger partial charge < -0.3 is 10.4 Å². The number of sulfonamides is 1. The lowest BCUT2D eigenvalue weighted by Crippen LogP contribution is -2.20. The van der Waals surface area contributed by atoms with E-state index in [0.717, 1.165) is 4.90 Å². The quantitative estimate of drug-likeness (QED) is 0.745. The number of carboxylic acids is 1. The fraction of sp³-hybridized carbons (Fsp3) is 0.273. The molecule has 20 heavy (non-hydrogen) atoms. The first kappa shape index (κ1) is 14.7. The Kier molecular flexibility index (Phi) is 4.19. The summed E-state index contributed by atoms with van der Waals surface area (Å²) in [7, 11) is -3.72. The third-order valence-corrected chi connectivity index (χ3v) is 4.83. The molecule has 3 N–H and O–H groups in total. The van der Waals surface area contributed by atoms with Gasteiger partial charge in [0.2, 0.25) is 15.9 Å². The van der Waals surface area contributed by atoms with E-state index in [1.54, 1.807) is 12.1 Å². The van der Waals surface area contributed by atoms with Gasteiger partial charge in [0, 0.05) is 4.90 Å². The van der Waals surface area contributed by atoms with Crippen molar-refractivity contribution >= 4 is 45.0 Å². The lowest BCUT2D eigenvalue weighted by Gasteiger charge is -2.17. The number of hydrogen-bond donors (Lipinski definition) is 3. The van der Waals surface area contributed by atoms with E-state index in [2.05, 4.69) is 10.0 Å². The van der Waals surface area contributed by atoms with Crippen LogP contribution in [0.25, 0.3) is 0 Å². The molecule has 108 valence electrons. The maximum atomic E-state index is 11.7. The minimum atomic E-state index is -3.72. The maximum absolute atomic E-state index is 11.7. The van der Waals surface area contributed by atoms with Gasteiger partial charge in [-0.15, -0.1) is 11.8 Å². The first-order valence-corrected chi connectivity index (χ1v) is 8.28. The third kappa shape index (κ3) is 3.87. The largest absolute Gasteiger partial charge is 0.481 e. The summed E-state index contributed by atoms with van der Waals surface area (Å²) in [5.74, 6) is -1.49. The van der Waals surface area contributed by atoms with Gasteiger partial charge in [0.25, 0.3) is 0 Å². The summed E-state index contributed by atoms with van der Waals surface area (Å²) in [4.78, 5) is 22.5. The summed E-state index contributed by atoms with van der Waals surface area (Å²) >= 11 is 1.37. The Labute approximate surface area is 119 Å². The normalized spacial score (nSPS) is 14.3. The number of carbonyl (C=O) groups is 2. The van der Waals surface area contributed by atoms with Gasteiger partial charge in [-0.25, -0.2) is 8.42 Å². The molecular formula is C11H12N2O5S2. The molecule has 1 amide bonds. The fourth-order valence-corrected chi connectivity index (χ4v) is 3.42. The van der Waals surface area contributed by atoms with Crippen LogP contribution in [0.3, 0.4) is 0 Å². The summed E-state index contributed by atoms with van der Waals surface area (Å²) in [5, 5.41) is 11.1. The van der Waals surface area contributed by atoms with Crippen molar-refractivity contribution in [3.8, 4) is 0 Å². The van der Waals surface area contributed by atoms with E-state index in [0.29, 0.717) is 11.4 Å².